The second-order valence-corrected chi connectivity index (χ2v) is 29.8. The van der Waals surface area contributed by atoms with E-state index in [4.69, 9.17) is 42.2 Å². The second-order valence-electron chi connectivity index (χ2n) is 28.4. The minimum Gasteiger partial charge on any atom is -0.463 e. The quantitative estimate of drug-likeness (QED) is 0.00886. The first-order valence-corrected chi connectivity index (χ1v) is 41.0. The Bertz CT molecular complexity index is 2110. The number of phosphoric ester groups is 1. The molecule has 0 bridgehead atoms. The fourth-order valence-electron chi connectivity index (χ4n) is 13.1. The SMILES string of the molecule is CCCCCCCCC/C=C\CCCCCC(=O)OCC1OC(OC2C(O)C(O)C(O)C(OC3OC(CO)C(O)C(O)C3O)C2OP(=O)(O)OCC(COC(=O)CCCCCCCCCCCCCCCCCC)OC(=O)CCCCCCCCCCCCCCCCC)C(O)C(O)C1O. The lowest BCUT2D eigenvalue weighted by Gasteiger charge is -2.49. The third-order valence-electron chi connectivity index (χ3n) is 19.5. The first-order valence-electron chi connectivity index (χ1n) is 39.5. The normalized spacial score (nSPS) is 27.3. The number of aliphatic hydroxyl groups excluding tert-OH is 10. The van der Waals surface area contributed by atoms with Crippen molar-refractivity contribution in [1.29, 1.82) is 0 Å². The maximum atomic E-state index is 14.4. The van der Waals surface area contributed by atoms with Gasteiger partial charge in [0, 0.05) is 19.3 Å². The van der Waals surface area contributed by atoms with Gasteiger partial charge in [0.25, 0.3) is 0 Å². The van der Waals surface area contributed by atoms with Crippen molar-refractivity contribution in [2.24, 2.45) is 0 Å². The van der Waals surface area contributed by atoms with E-state index in [2.05, 4.69) is 32.9 Å². The van der Waals surface area contributed by atoms with E-state index in [1.54, 1.807) is 0 Å². The maximum Gasteiger partial charge on any atom is 0.472 e. The van der Waals surface area contributed by atoms with Crippen molar-refractivity contribution in [1.82, 2.24) is 0 Å². The summed E-state index contributed by atoms with van der Waals surface area (Å²) >= 11 is 0. The minimum atomic E-state index is -5.70. The van der Waals surface area contributed by atoms with Crippen molar-refractivity contribution in [3.05, 3.63) is 12.2 Å². The Morgan fingerprint density at radius 2 is 0.700 bits per heavy atom. The van der Waals surface area contributed by atoms with Crippen molar-refractivity contribution in [2.75, 3.05) is 26.4 Å². The van der Waals surface area contributed by atoms with Gasteiger partial charge in [0.1, 0.15) is 98.7 Å². The number of unbranched alkanes of at least 4 members (excludes halogenated alkanes) is 39. The van der Waals surface area contributed by atoms with Crippen LogP contribution in [-0.4, -0.2) is 204 Å². The molecule has 0 aromatic rings. The van der Waals surface area contributed by atoms with Gasteiger partial charge in [-0.15, -0.1) is 0 Å². The molecule has 18 atom stereocenters. The van der Waals surface area contributed by atoms with Gasteiger partial charge in [-0.1, -0.05) is 264 Å². The van der Waals surface area contributed by atoms with Gasteiger partial charge >= 0.3 is 25.7 Å². The topological polar surface area (TPSA) is 374 Å². The number of hydrogen-bond donors (Lipinski definition) is 11. The molecule has 588 valence electrons. The van der Waals surface area contributed by atoms with Crippen LogP contribution < -0.4 is 0 Å². The van der Waals surface area contributed by atoms with E-state index in [1.165, 1.54) is 167 Å². The summed E-state index contributed by atoms with van der Waals surface area (Å²) in [6, 6.07) is 0. The highest BCUT2D eigenvalue weighted by Crippen LogP contribution is 2.49. The van der Waals surface area contributed by atoms with Crippen LogP contribution in [0.2, 0.25) is 0 Å². The smallest absolute Gasteiger partial charge is 0.463 e. The fraction of sp³-hybridized carbons (Fsp3) is 0.933. The molecule has 3 fully saturated rings. The van der Waals surface area contributed by atoms with Crippen LogP contribution in [0.5, 0.6) is 0 Å². The number of carbonyl (C=O) groups excluding carboxylic acids is 3. The van der Waals surface area contributed by atoms with Crippen molar-refractivity contribution in [2.45, 2.75) is 420 Å². The van der Waals surface area contributed by atoms with Gasteiger partial charge in [0.15, 0.2) is 18.7 Å². The molecule has 0 spiro atoms. The number of aliphatic hydroxyl groups is 10. The van der Waals surface area contributed by atoms with E-state index in [9.17, 15) is 74.9 Å². The van der Waals surface area contributed by atoms with Crippen LogP contribution in [0.25, 0.3) is 0 Å². The summed E-state index contributed by atoms with van der Waals surface area (Å²) in [6.07, 6.45) is 16.9. The Labute approximate surface area is 599 Å². The molecular weight excluding hydrogens is 1320 g/mol. The van der Waals surface area contributed by atoms with Crippen molar-refractivity contribution < 1.29 is 117 Å². The Hall–Kier alpha value is -2.30. The molecule has 3 rings (SSSR count). The second kappa shape index (κ2) is 57.0. The molecule has 0 amide bonds. The van der Waals surface area contributed by atoms with Crippen LogP contribution in [0.1, 0.15) is 316 Å². The Morgan fingerprint density at radius 3 is 1.09 bits per heavy atom. The highest BCUT2D eigenvalue weighted by molar-refractivity contribution is 7.47. The number of hydrogen-bond acceptors (Lipinski definition) is 23. The summed E-state index contributed by atoms with van der Waals surface area (Å²) in [5, 5.41) is 110. The van der Waals surface area contributed by atoms with Gasteiger partial charge in [-0.25, -0.2) is 4.57 Å². The molecule has 2 saturated heterocycles. The van der Waals surface area contributed by atoms with E-state index in [1.807, 2.05) is 0 Å². The molecular formula is C75H139O24P. The zero-order valence-corrected chi connectivity index (χ0v) is 62.4. The summed E-state index contributed by atoms with van der Waals surface area (Å²) in [5.74, 6) is -1.99. The van der Waals surface area contributed by atoms with E-state index >= 15 is 0 Å². The highest BCUT2D eigenvalue weighted by Gasteiger charge is 2.58. The first-order chi connectivity index (χ1) is 48.3. The van der Waals surface area contributed by atoms with E-state index in [0.717, 1.165) is 89.9 Å². The number of allylic oxidation sites excluding steroid dienone is 2. The van der Waals surface area contributed by atoms with Gasteiger partial charge in [-0.2, -0.15) is 0 Å². The van der Waals surface area contributed by atoms with Crippen molar-refractivity contribution in [3.63, 3.8) is 0 Å². The van der Waals surface area contributed by atoms with Gasteiger partial charge < -0.3 is 89.1 Å². The number of esters is 3. The van der Waals surface area contributed by atoms with Crippen LogP contribution in [0.4, 0.5) is 0 Å². The molecule has 2 aliphatic heterocycles. The summed E-state index contributed by atoms with van der Waals surface area (Å²) < 4.78 is 65.1. The molecule has 3 aliphatic rings. The number of phosphoric acid groups is 1. The molecule has 1 aliphatic carbocycles. The third-order valence-corrected chi connectivity index (χ3v) is 20.5. The van der Waals surface area contributed by atoms with Crippen molar-refractivity contribution in [3.8, 4) is 0 Å². The van der Waals surface area contributed by atoms with Crippen LogP contribution in [0.15, 0.2) is 12.2 Å². The molecule has 0 aromatic carbocycles. The standard InChI is InChI=1S/C75H139O24P/c1-4-7-10-13-16-19-22-25-28-30-32-35-37-40-43-46-49-59(77)91-53-56(94-61(79)51-48-45-42-39-36-33-29-26-23-20-17-14-11-8-5-2)54-93-100(89,90)99-73-71(97-74-69(87)64(82)62(80)57(52-76)95-74)67(85)66(84)68(86)72(73)98-75-70(88)65(83)63(81)58(96-75)55-92-60(78)50-47-44-41-38-34-31-27-24-21-18-15-12-9-6-3/h31,34,56-58,62-76,80-88H,4-30,32-33,35-55H2,1-3H3,(H,89,90)/b34-31-. The van der Waals surface area contributed by atoms with Gasteiger partial charge in [-0.3, -0.25) is 23.4 Å². The predicted molar refractivity (Wildman–Crippen MR) is 379 cm³/mol. The molecule has 0 radical (unpaired) electrons. The minimum absolute atomic E-state index is 0.00971. The lowest BCUT2D eigenvalue weighted by Crippen LogP contribution is -2.69. The summed E-state index contributed by atoms with van der Waals surface area (Å²) in [5.41, 5.74) is 0. The maximum absolute atomic E-state index is 14.4. The Morgan fingerprint density at radius 1 is 0.380 bits per heavy atom. The molecule has 2 heterocycles. The van der Waals surface area contributed by atoms with Crippen LogP contribution >= 0.6 is 7.82 Å². The van der Waals surface area contributed by atoms with Crippen LogP contribution in [0, 0.1) is 0 Å². The molecule has 100 heavy (non-hydrogen) atoms. The zero-order valence-electron chi connectivity index (χ0n) is 61.5. The molecule has 18 unspecified atom stereocenters. The lowest BCUT2D eigenvalue weighted by molar-refractivity contribution is -0.360. The largest absolute Gasteiger partial charge is 0.472 e. The predicted octanol–water partition coefficient (Wildman–Crippen LogP) is 11.5. The fourth-order valence-corrected chi connectivity index (χ4v) is 14.1. The lowest BCUT2D eigenvalue weighted by atomic mass is 9.84. The summed E-state index contributed by atoms with van der Waals surface area (Å²) in [7, 11) is -5.70. The molecule has 0 aromatic heterocycles. The Balaban J connectivity index is 1.72. The monoisotopic (exact) mass is 1450 g/mol. The molecule has 1 saturated carbocycles. The van der Waals surface area contributed by atoms with Crippen molar-refractivity contribution >= 4 is 25.7 Å². The number of rotatable bonds is 62. The number of ether oxygens (including phenoxy) is 7. The molecule has 24 nitrogen and oxygen atoms in total. The van der Waals surface area contributed by atoms with E-state index < -0.39 is 156 Å². The summed E-state index contributed by atoms with van der Waals surface area (Å²) in [4.78, 5) is 51.1. The van der Waals surface area contributed by atoms with Gasteiger partial charge in [0.2, 0.25) is 0 Å². The van der Waals surface area contributed by atoms with Crippen LogP contribution in [0.3, 0.4) is 0 Å². The number of carbonyl (C=O) groups is 3. The average Bonchev–Trinajstić information content (AvgIpc) is 0.762. The Kier molecular flexibility index (Phi) is 52.3. The van der Waals surface area contributed by atoms with Gasteiger partial charge in [0.05, 0.1) is 13.2 Å². The third kappa shape index (κ3) is 39.3. The van der Waals surface area contributed by atoms with Crippen LogP contribution in [-0.2, 0) is 61.2 Å². The molecule has 11 N–H and O–H groups in total. The van der Waals surface area contributed by atoms with E-state index in [-0.39, 0.29) is 19.3 Å². The summed E-state index contributed by atoms with van der Waals surface area (Å²) in [6.45, 7) is 3.47. The molecule has 25 heteroatoms. The van der Waals surface area contributed by atoms with Gasteiger partial charge in [-0.05, 0) is 44.9 Å². The zero-order chi connectivity index (χ0) is 73.2. The highest BCUT2D eigenvalue weighted by atomic mass is 31.2. The average molecular weight is 1460 g/mol. The van der Waals surface area contributed by atoms with E-state index in [0.29, 0.717) is 19.3 Å². The first kappa shape index (κ1) is 91.9.